The highest BCUT2D eigenvalue weighted by atomic mass is 32.2. The number of hydrogen-bond acceptors (Lipinski definition) is 11. The minimum absolute atomic E-state index is 0.0231. The first-order valence-corrected chi connectivity index (χ1v) is 14.4. The number of nitrogens with one attached hydrogen (secondary N) is 1. The summed E-state index contributed by atoms with van der Waals surface area (Å²) >= 11 is 1.40. The van der Waals surface area contributed by atoms with Crippen molar-refractivity contribution in [1.29, 1.82) is 0 Å². The number of amides is 2. The summed E-state index contributed by atoms with van der Waals surface area (Å²) in [5, 5.41) is 18.6. The zero-order valence-electron chi connectivity index (χ0n) is 23.7. The fraction of sp³-hybridized carbons (Fsp3) is 0.379. The first kappa shape index (κ1) is 32.4. The first-order chi connectivity index (χ1) is 20.7. The zero-order valence-corrected chi connectivity index (χ0v) is 24.6. The predicted octanol–water partition coefficient (Wildman–Crippen LogP) is 0.909. The van der Waals surface area contributed by atoms with Crippen LogP contribution in [0.5, 0.6) is 0 Å². The SMILES string of the molecule is CC1(C)S[C@@H]2[C@H](NC(=O)C(N)c3ccccc3)C(=O)N2[C@H]1C(=O)OC1OC(=O)c2ccccc21.NC(CCC(=O)O)C(=O)O. The number of carboxylic acid groups (broad SMARTS) is 2. The van der Waals surface area contributed by atoms with Gasteiger partial charge in [0.15, 0.2) is 0 Å². The molecule has 0 aromatic heterocycles. The number of rotatable bonds is 9. The van der Waals surface area contributed by atoms with Crippen molar-refractivity contribution in [2.75, 3.05) is 0 Å². The molecular formula is C29H32N4O10S. The van der Waals surface area contributed by atoms with Crippen LogP contribution in [-0.2, 0) is 33.4 Å². The van der Waals surface area contributed by atoms with E-state index in [1.54, 1.807) is 48.5 Å². The highest BCUT2D eigenvalue weighted by Gasteiger charge is 2.65. The average Bonchev–Trinajstić information content (AvgIpc) is 3.44. The zero-order chi connectivity index (χ0) is 32.3. The van der Waals surface area contributed by atoms with Crippen LogP contribution in [0.2, 0.25) is 0 Å². The summed E-state index contributed by atoms with van der Waals surface area (Å²) in [4.78, 5) is 72.2. The smallest absolute Gasteiger partial charge is 0.342 e. The molecule has 2 amide bonds. The van der Waals surface area contributed by atoms with E-state index in [1.807, 2.05) is 19.9 Å². The van der Waals surface area contributed by atoms with Crippen LogP contribution in [0.1, 0.15) is 60.5 Å². The van der Waals surface area contributed by atoms with Crippen LogP contribution < -0.4 is 16.8 Å². The molecule has 0 radical (unpaired) electrons. The van der Waals surface area contributed by atoms with Gasteiger partial charge in [-0.1, -0.05) is 48.5 Å². The maximum atomic E-state index is 13.2. The Morgan fingerprint density at radius 3 is 2.32 bits per heavy atom. The quantitative estimate of drug-likeness (QED) is 0.192. The van der Waals surface area contributed by atoms with Crippen molar-refractivity contribution in [3.05, 3.63) is 71.3 Å². The normalized spacial score (nSPS) is 23.9. The van der Waals surface area contributed by atoms with Crippen molar-refractivity contribution in [2.45, 2.75) is 67.3 Å². The van der Waals surface area contributed by atoms with Crippen molar-refractivity contribution in [3.63, 3.8) is 0 Å². The third-order valence-corrected chi connectivity index (χ3v) is 8.83. The first-order valence-electron chi connectivity index (χ1n) is 13.5. The van der Waals surface area contributed by atoms with Crippen molar-refractivity contribution >= 4 is 47.5 Å². The molecule has 44 heavy (non-hydrogen) atoms. The average molecular weight is 629 g/mol. The van der Waals surface area contributed by atoms with Gasteiger partial charge in [-0.05, 0) is 31.9 Å². The number of carbonyl (C=O) groups is 6. The Balaban J connectivity index is 0.000000382. The van der Waals surface area contributed by atoms with Crippen molar-refractivity contribution in [3.8, 4) is 0 Å². The molecule has 6 atom stereocenters. The van der Waals surface area contributed by atoms with Gasteiger partial charge in [0.25, 0.3) is 6.29 Å². The lowest BCUT2D eigenvalue weighted by Crippen LogP contribution is -2.71. The second kappa shape index (κ2) is 13.0. The molecule has 5 rings (SSSR count). The van der Waals surface area contributed by atoms with Gasteiger partial charge in [-0.2, -0.15) is 0 Å². The molecular weight excluding hydrogens is 596 g/mol. The summed E-state index contributed by atoms with van der Waals surface area (Å²) in [5.41, 5.74) is 12.5. The van der Waals surface area contributed by atoms with Crippen LogP contribution in [0.4, 0.5) is 0 Å². The summed E-state index contributed by atoms with van der Waals surface area (Å²) in [7, 11) is 0. The number of nitrogens with zero attached hydrogens (tertiary/aromatic N) is 1. The molecule has 14 nitrogen and oxygen atoms in total. The van der Waals surface area contributed by atoms with Gasteiger partial charge in [0.2, 0.25) is 11.8 Å². The van der Waals surface area contributed by atoms with Gasteiger partial charge in [-0.15, -0.1) is 11.8 Å². The Bertz CT molecular complexity index is 1470. The van der Waals surface area contributed by atoms with E-state index in [1.165, 1.54) is 16.7 Å². The molecule has 0 bridgehead atoms. The number of ether oxygens (including phenoxy) is 2. The standard InChI is InChI=1S/C24H23N3O6S.C5H9NO4/c1-24(2)17(22(31)33-23-14-11-7-6-10-13(14)21(30)32-23)27-19(29)16(20(27)34-24)26-18(28)15(25)12-8-4-3-5-9-12;6-3(5(9)10)1-2-4(7)8/h3-11,15-17,20,23H,25H2,1-2H3,(H,26,28);3H,1-2,6H2,(H,7,8)(H,9,10)/t15?,16-,17+,20-,23?;/m1./s1. The molecule has 2 saturated heterocycles. The van der Waals surface area contributed by atoms with Gasteiger partial charge in [0.1, 0.15) is 29.5 Å². The van der Waals surface area contributed by atoms with E-state index < -0.39 is 70.4 Å². The van der Waals surface area contributed by atoms with Gasteiger partial charge in [-0.3, -0.25) is 19.2 Å². The van der Waals surface area contributed by atoms with E-state index in [4.69, 9.17) is 31.2 Å². The van der Waals surface area contributed by atoms with Gasteiger partial charge < -0.3 is 41.4 Å². The highest BCUT2D eigenvalue weighted by Crippen LogP contribution is 2.51. The van der Waals surface area contributed by atoms with Crippen molar-refractivity contribution in [2.24, 2.45) is 11.5 Å². The van der Waals surface area contributed by atoms with Crippen molar-refractivity contribution in [1.82, 2.24) is 10.2 Å². The molecule has 0 aliphatic carbocycles. The van der Waals surface area contributed by atoms with Gasteiger partial charge in [0, 0.05) is 16.7 Å². The summed E-state index contributed by atoms with van der Waals surface area (Å²) < 4.78 is 10.1. The van der Waals surface area contributed by atoms with Gasteiger partial charge in [-0.25, -0.2) is 9.59 Å². The molecule has 0 spiro atoms. The molecule has 3 aliphatic heterocycles. The lowest BCUT2D eigenvalue weighted by molar-refractivity contribution is -0.180. The second-order valence-corrected chi connectivity index (χ2v) is 12.5. The number of hydrogen-bond donors (Lipinski definition) is 5. The largest absolute Gasteiger partial charge is 0.481 e. The Hall–Kier alpha value is -4.47. The van der Waals surface area contributed by atoms with Crippen LogP contribution >= 0.6 is 11.8 Å². The lowest BCUT2D eigenvalue weighted by Gasteiger charge is -2.44. The topological polar surface area (TPSA) is 229 Å². The predicted molar refractivity (Wildman–Crippen MR) is 155 cm³/mol. The molecule has 2 fully saturated rings. The Kier molecular flexibility index (Phi) is 9.61. The summed E-state index contributed by atoms with van der Waals surface area (Å²) in [6.07, 6.45) is -1.38. The number of cyclic esters (lactones) is 1. The minimum atomic E-state index is -1.17. The Morgan fingerprint density at radius 2 is 1.68 bits per heavy atom. The van der Waals surface area contributed by atoms with E-state index in [2.05, 4.69) is 5.32 Å². The molecule has 2 aromatic rings. The number of carbonyl (C=O) groups excluding carboxylic acids is 4. The van der Waals surface area contributed by atoms with Gasteiger partial charge in [0.05, 0.1) is 5.56 Å². The molecule has 2 aromatic carbocycles. The monoisotopic (exact) mass is 628 g/mol. The van der Waals surface area contributed by atoms with Crippen molar-refractivity contribution < 1.29 is 48.5 Å². The number of thioether (sulfide) groups is 1. The second-order valence-electron chi connectivity index (χ2n) is 10.8. The Morgan fingerprint density at radius 1 is 1.05 bits per heavy atom. The number of benzene rings is 2. The highest BCUT2D eigenvalue weighted by molar-refractivity contribution is 8.01. The number of aliphatic carboxylic acids is 2. The number of nitrogens with two attached hydrogens (primary N) is 2. The molecule has 15 heteroatoms. The number of esters is 2. The lowest BCUT2D eigenvalue weighted by atomic mass is 9.95. The van der Waals surface area contributed by atoms with E-state index in [-0.39, 0.29) is 18.7 Å². The number of carboxylic acids is 2. The Labute approximate surface area is 256 Å². The maximum Gasteiger partial charge on any atom is 0.342 e. The molecule has 3 heterocycles. The van der Waals surface area contributed by atoms with E-state index in [9.17, 15) is 28.8 Å². The number of β-lactam (4-membered cyclic amide) rings is 1. The molecule has 3 aliphatic rings. The van der Waals surface area contributed by atoms with Gasteiger partial charge >= 0.3 is 23.9 Å². The molecule has 0 saturated carbocycles. The van der Waals surface area contributed by atoms with E-state index >= 15 is 0 Å². The third kappa shape index (κ3) is 6.69. The fourth-order valence-electron chi connectivity index (χ4n) is 4.95. The van der Waals surface area contributed by atoms with Crippen LogP contribution in [0.3, 0.4) is 0 Å². The fourth-order valence-corrected chi connectivity index (χ4v) is 6.57. The summed E-state index contributed by atoms with van der Waals surface area (Å²) in [5.74, 6) is -4.29. The van der Waals surface area contributed by atoms with E-state index in [0.29, 0.717) is 16.7 Å². The van der Waals surface area contributed by atoms with Crippen LogP contribution in [0.25, 0.3) is 0 Å². The maximum absolute atomic E-state index is 13.2. The van der Waals surface area contributed by atoms with Crippen LogP contribution in [0, 0.1) is 0 Å². The van der Waals surface area contributed by atoms with E-state index in [0.717, 1.165) is 0 Å². The summed E-state index contributed by atoms with van der Waals surface area (Å²) in [6, 6.07) is 11.9. The molecule has 234 valence electrons. The summed E-state index contributed by atoms with van der Waals surface area (Å²) in [6.45, 7) is 3.66. The third-order valence-electron chi connectivity index (χ3n) is 7.26. The minimum Gasteiger partial charge on any atom is -0.481 e. The number of fused-ring (bicyclic) bond motifs is 2. The van der Waals surface area contributed by atoms with Crippen LogP contribution in [-0.4, -0.2) is 79.1 Å². The van der Waals surface area contributed by atoms with Crippen LogP contribution in [0.15, 0.2) is 54.6 Å². The molecule has 7 N–H and O–H groups in total. The molecule has 3 unspecified atom stereocenters.